The van der Waals surface area contributed by atoms with Gasteiger partial charge in [-0.2, -0.15) is 5.10 Å². The molecule has 0 spiro atoms. The molecule has 2 unspecified atom stereocenters. The SMILES string of the molecule is Cc1cc(-c2ccc(Cl)c(C(=O)NC(O)C3CCCC(C)(C)C3)c2)[nH]n1. The summed E-state index contributed by atoms with van der Waals surface area (Å²) in [6, 6.07) is 7.16. The van der Waals surface area contributed by atoms with E-state index in [1.54, 1.807) is 12.1 Å². The highest BCUT2D eigenvalue weighted by molar-refractivity contribution is 6.34. The highest BCUT2D eigenvalue weighted by Gasteiger charge is 2.32. The maximum absolute atomic E-state index is 12.7. The molecule has 5 nitrogen and oxygen atoms in total. The molecule has 1 aliphatic rings. The molecule has 0 bridgehead atoms. The van der Waals surface area contributed by atoms with E-state index < -0.39 is 6.23 Å². The number of aliphatic hydroxyl groups is 1. The predicted octanol–water partition coefficient (Wildman–Crippen LogP) is 4.30. The molecule has 3 N–H and O–H groups in total. The highest BCUT2D eigenvalue weighted by atomic mass is 35.5. The lowest BCUT2D eigenvalue weighted by Gasteiger charge is -2.37. The minimum atomic E-state index is -0.865. The van der Waals surface area contributed by atoms with Gasteiger partial charge < -0.3 is 10.4 Å². The van der Waals surface area contributed by atoms with Gasteiger partial charge in [-0.25, -0.2) is 0 Å². The van der Waals surface area contributed by atoms with E-state index in [1.165, 1.54) is 0 Å². The Kier molecular flexibility index (Phi) is 5.39. The van der Waals surface area contributed by atoms with Crippen molar-refractivity contribution >= 4 is 17.5 Å². The maximum Gasteiger partial charge on any atom is 0.254 e. The van der Waals surface area contributed by atoms with Crippen LogP contribution in [0.25, 0.3) is 11.3 Å². The molecule has 0 saturated heterocycles. The normalized spacial score (nSPS) is 20.6. The summed E-state index contributed by atoms with van der Waals surface area (Å²) < 4.78 is 0. The van der Waals surface area contributed by atoms with Gasteiger partial charge in [-0.05, 0) is 49.8 Å². The first-order valence-electron chi connectivity index (χ1n) is 9.06. The van der Waals surface area contributed by atoms with Gasteiger partial charge in [-0.3, -0.25) is 9.89 Å². The second-order valence-corrected chi connectivity index (χ2v) is 8.46. The van der Waals surface area contributed by atoms with Crippen molar-refractivity contribution in [2.75, 3.05) is 0 Å². The van der Waals surface area contributed by atoms with Gasteiger partial charge in [-0.15, -0.1) is 0 Å². The van der Waals surface area contributed by atoms with Gasteiger partial charge in [0, 0.05) is 11.5 Å². The van der Waals surface area contributed by atoms with Crippen molar-refractivity contribution < 1.29 is 9.90 Å². The lowest BCUT2D eigenvalue weighted by atomic mass is 9.71. The first kappa shape index (κ1) is 18.9. The summed E-state index contributed by atoms with van der Waals surface area (Å²) in [5.74, 6) is -0.288. The zero-order valence-corrected chi connectivity index (χ0v) is 16.2. The third-order valence-electron chi connectivity index (χ3n) is 5.20. The van der Waals surface area contributed by atoms with Crippen molar-refractivity contribution in [1.82, 2.24) is 15.5 Å². The number of aliphatic hydroxyl groups excluding tert-OH is 1. The van der Waals surface area contributed by atoms with Crippen LogP contribution in [0.5, 0.6) is 0 Å². The minimum Gasteiger partial charge on any atom is -0.373 e. The fourth-order valence-electron chi connectivity index (χ4n) is 3.79. The first-order valence-corrected chi connectivity index (χ1v) is 9.44. The Morgan fingerprint density at radius 3 is 2.85 bits per heavy atom. The molecule has 26 heavy (non-hydrogen) atoms. The molecule has 140 valence electrons. The number of nitrogens with one attached hydrogen (secondary N) is 2. The van der Waals surface area contributed by atoms with Crippen molar-refractivity contribution in [3.05, 3.63) is 40.5 Å². The standard InChI is InChI=1S/C20H26ClN3O2/c1-12-9-17(24-23-12)13-6-7-16(21)15(10-13)19(26)22-18(25)14-5-4-8-20(2,3)11-14/h6-7,9-10,14,18,25H,4-5,8,11H2,1-3H3,(H,22,26)(H,23,24). The molecule has 1 aromatic heterocycles. The van der Waals surface area contributed by atoms with Gasteiger partial charge in [0.2, 0.25) is 0 Å². The van der Waals surface area contributed by atoms with Crippen LogP contribution < -0.4 is 5.32 Å². The highest BCUT2D eigenvalue weighted by Crippen LogP contribution is 2.39. The van der Waals surface area contributed by atoms with Crippen LogP contribution in [0.1, 0.15) is 55.6 Å². The number of aromatic nitrogens is 2. The van der Waals surface area contributed by atoms with E-state index in [9.17, 15) is 9.90 Å². The molecule has 1 aliphatic carbocycles. The molecule has 1 amide bonds. The number of hydrogen-bond donors (Lipinski definition) is 3. The van der Waals surface area contributed by atoms with Crippen LogP contribution >= 0.6 is 11.6 Å². The average molecular weight is 376 g/mol. The molecule has 0 radical (unpaired) electrons. The van der Waals surface area contributed by atoms with Gasteiger partial charge in [0.15, 0.2) is 0 Å². The largest absolute Gasteiger partial charge is 0.373 e. The van der Waals surface area contributed by atoms with Crippen LogP contribution in [-0.4, -0.2) is 27.4 Å². The Bertz CT molecular complexity index is 800. The molecule has 2 atom stereocenters. The van der Waals surface area contributed by atoms with Crippen LogP contribution in [0.4, 0.5) is 0 Å². The van der Waals surface area contributed by atoms with Gasteiger partial charge in [-0.1, -0.05) is 37.9 Å². The zero-order valence-electron chi connectivity index (χ0n) is 15.5. The van der Waals surface area contributed by atoms with Crippen molar-refractivity contribution in [3.8, 4) is 11.3 Å². The number of carbonyl (C=O) groups is 1. The van der Waals surface area contributed by atoms with Crippen LogP contribution in [0, 0.1) is 18.3 Å². The smallest absolute Gasteiger partial charge is 0.254 e. The topological polar surface area (TPSA) is 78.0 Å². The van der Waals surface area contributed by atoms with Gasteiger partial charge in [0.05, 0.1) is 22.0 Å². The van der Waals surface area contributed by atoms with Gasteiger partial charge in [0.1, 0.15) is 6.23 Å². The molecule has 2 aromatic rings. The number of amides is 1. The van der Waals surface area contributed by atoms with Crippen molar-refractivity contribution in [2.24, 2.45) is 11.3 Å². The Labute approximate surface area is 159 Å². The number of aromatic amines is 1. The minimum absolute atomic E-state index is 0.0694. The summed E-state index contributed by atoms with van der Waals surface area (Å²) in [6.07, 6.45) is 3.18. The Hall–Kier alpha value is -1.85. The van der Waals surface area contributed by atoms with Crippen LogP contribution in [0.3, 0.4) is 0 Å². The Morgan fingerprint density at radius 1 is 1.42 bits per heavy atom. The number of rotatable bonds is 4. The number of aryl methyl sites for hydroxylation is 1. The number of halogens is 1. The molecule has 0 aliphatic heterocycles. The monoisotopic (exact) mass is 375 g/mol. The van der Waals surface area contributed by atoms with E-state index in [-0.39, 0.29) is 17.2 Å². The molecule has 6 heteroatoms. The Morgan fingerprint density at radius 2 is 2.19 bits per heavy atom. The lowest BCUT2D eigenvalue weighted by Crippen LogP contribution is -2.43. The molecular weight excluding hydrogens is 350 g/mol. The van der Waals surface area contributed by atoms with E-state index in [0.717, 1.165) is 42.6 Å². The molecule has 1 saturated carbocycles. The number of carbonyl (C=O) groups excluding carboxylic acids is 1. The summed E-state index contributed by atoms with van der Waals surface area (Å²) in [4.78, 5) is 12.7. The first-order chi connectivity index (χ1) is 12.2. The van der Waals surface area contributed by atoms with Crippen LogP contribution in [0.15, 0.2) is 24.3 Å². The number of nitrogens with zero attached hydrogens (tertiary/aromatic N) is 1. The van der Waals surface area contributed by atoms with Crippen molar-refractivity contribution in [3.63, 3.8) is 0 Å². The summed E-state index contributed by atoms with van der Waals surface area (Å²) in [6.45, 7) is 6.31. The third-order valence-corrected chi connectivity index (χ3v) is 5.53. The molecule has 3 rings (SSSR count). The second-order valence-electron chi connectivity index (χ2n) is 8.06. The maximum atomic E-state index is 12.7. The van der Waals surface area contributed by atoms with Crippen LogP contribution in [0.2, 0.25) is 5.02 Å². The summed E-state index contributed by atoms with van der Waals surface area (Å²) in [7, 11) is 0. The number of hydrogen-bond acceptors (Lipinski definition) is 3. The van der Waals surface area contributed by atoms with E-state index in [4.69, 9.17) is 11.6 Å². The third kappa shape index (κ3) is 4.27. The van der Waals surface area contributed by atoms with Crippen molar-refractivity contribution in [2.45, 2.75) is 52.7 Å². The second kappa shape index (κ2) is 7.41. The van der Waals surface area contributed by atoms with E-state index in [0.29, 0.717) is 10.6 Å². The molecule has 1 fully saturated rings. The Balaban J connectivity index is 1.75. The van der Waals surface area contributed by atoms with Gasteiger partial charge >= 0.3 is 0 Å². The fourth-order valence-corrected chi connectivity index (χ4v) is 4.00. The molecular formula is C20H26ClN3O2. The van der Waals surface area contributed by atoms with Gasteiger partial charge in [0.25, 0.3) is 5.91 Å². The van der Waals surface area contributed by atoms with E-state index >= 15 is 0 Å². The van der Waals surface area contributed by atoms with Crippen molar-refractivity contribution in [1.29, 1.82) is 0 Å². The number of benzene rings is 1. The summed E-state index contributed by atoms with van der Waals surface area (Å²) in [5, 5.41) is 20.7. The lowest BCUT2D eigenvalue weighted by molar-refractivity contribution is 0.0232. The summed E-state index contributed by atoms with van der Waals surface area (Å²) >= 11 is 6.23. The molecule has 1 aromatic carbocycles. The number of H-pyrrole nitrogens is 1. The predicted molar refractivity (Wildman–Crippen MR) is 103 cm³/mol. The molecule has 1 heterocycles. The van der Waals surface area contributed by atoms with E-state index in [2.05, 4.69) is 29.4 Å². The quantitative estimate of drug-likeness (QED) is 0.697. The summed E-state index contributed by atoms with van der Waals surface area (Å²) in [5.41, 5.74) is 3.07. The average Bonchev–Trinajstić information content (AvgIpc) is 3.00. The zero-order chi connectivity index (χ0) is 18.9. The fraction of sp³-hybridized carbons (Fsp3) is 0.500. The van der Waals surface area contributed by atoms with Crippen LogP contribution in [-0.2, 0) is 0 Å². The van der Waals surface area contributed by atoms with E-state index in [1.807, 2.05) is 19.1 Å².